The molecule has 1 aliphatic rings. The third kappa shape index (κ3) is 4.71. The Morgan fingerprint density at radius 1 is 1.40 bits per heavy atom. The molecular formula is C15H22FN3S. The molecule has 0 radical (unpaired) electrons. The molecule has 0 saturated carbocycles. The summed E-state index contributed by atoms with van der Waals surface area (Å²) >= 11 is 2.02. The van der Waals surface area contributed by atoms with Crippen LogP contribution in [-0.4, -0.2) is 37.1 Å². The monoisotopic (exact) mass is 295 g/mol. The number of nitrogens with one attached hydrogen (secondary N) is 2. The highest BCUT2D eigenvalue weighted by molar-refractivity contribution is 8.00. The van der Waals surface area contributed by atoms with Crippen LogP contribution in [0.15, 0.2) is 29.3 Å². The first kappa shape index (κ1) is 15.2. The zero-order valence-corrected chi connectivity index (χ0v) is 12.7. The molecule has 0 spiro atoms. The summed E-state index contributed by atoms with van der Waals surface area (Å²) in [5.74, 6) is 1.93. The van der Waals surface area contributed by atoms with Crippen molar-refractivity contribution in [2.75, 3.05) is 25.9 Å². The van der Waals surface area contributed by atoms with Crippen LogP contribution in [0.25, 0.3) is 0 Å². The topological polar surface area (TPSA) is 36.4 Å². The van der Waals surface area contributed by atoms with Crippen molar-refractivity contribution in [3.8, 4) is 0 Å². The molecule has 1 saturated heterocycles. The maximum absolute atomic E-state index is 13.5. The van der Waals surface area contributed by atoms with Gasteiger partial charge in [-0.3, -0.25) is 4.99 Å². The van der Waals surface area contributed by atoms with E-state index in [1.54, 1.807) is 13.1 Å². The molecule has 20 heavy (non-hydrogen) atoms. The van der Waals surface area contributed by atoms with Crippen LogP contribution in [0, 0.1) is 5.82 Å². The Balaban J connectivity index is 1.70. The zero-order valence-electron chi connectivity index (χ0n) is 11.9. The summed E-state index contributed by atoms with van der Waals surface area (Å²) in [5.41, 5.74) is 0.738. The van der Waals surface area contributed by atoms with E-state index in [0.717, 1.165) is 18.1 Å². The molecule has 1 atom stereocenters. The van der Waals surface area contributed by atoms with Crippen LogP contribution in [0.3, 0.4) is 0 Å². The smallest absolute Gasteiger partial charge is 0.191 e. The number of hydrogen-bond donors (Lipinski definition) is 2. The minimum absolute atomic E-state index is 0.139. The molecule has 0 aromatic heterocycles. The molecule has 1 unspecified atom stereocenters. The standard InChI is InChI=1S/C15H22FN3S/c1-17-15(19-11-13-6-4-10-20-13)18-9-8-12-5-2-3-7-14(12)16/h2-3,5,7,13H,4,6,8-11H2,1H3,(H2,17,18,19). The first-order chi connectivity index (χ1) is 9.79. The van der Waals surface area contributed by atoms with Crippen LogP contribution < -0.4 is 10.6 Å². The average molecular weight is 295 g/mol. The molecule has 5 heteroatoms. The normalized spacial score (nSPS) is 19.1. The van der Waals surface area contributed by atoms with Crippen molar-refractivity contribution in [3.05, 3.63) is 35.6 Å². The predicted octanol–water partition coefficient (Wildman–Crippen LogP) is 2.43. The SMILES string of the molecule is CN=C(NCCc1ccccc1F)NCC1CCCS1. The van der Waals surface area contributed by atoms with Gasteiger partial charge in [-0.1, -0.05) is 18.2 Å². The van der Waals surface area contributed by atoms with Gasteiger partial charge in [0.1, 0.15) is 5.82 Å². The van der Waals surface area contributed by atoms with Gasteiger partial charge in [-0.2, -0.15) is 11.8 Å². The molecule has 1 aromatic carbocycles. The van der Waals surface area contributed by atoms with Crippen LogP contribution in [0.1, 0.15) is 18.4 Å². The lowest BCUT2D eigenvalue weighted by Gasteiger charge is -2.14. The van der Waals surface area contributed by atoms with Gasteiger partial charge in [0.05, 0.1) is 0 Å². The van der Waals surface area contributed by atoms with Crippen molar-refractivity contribution >= 4 is 17.7 Å². The number of rotatable bonds is 5. The Morgan fingerprint density at radius 3 is 2.95 bits per heavy atom. The van der Waals surface area contributed by atoms with Gasteiger partial charge in [0.2, 0.25) is 0 Å². The molecule has 1 fully saturated rings. The molecule has 2 rings (SSSR count). The number of hydrogen-bond acceptors (Lipinski definition) is 2. The second kappa shape index (κ2) is 8.15. The quantitative estimate of drug-likeness (QED) is 0.647. The molecule has 1 heterocycles. The second-order valence-electron chi connectivity index (χ2n) is 4.86. The molecule has 0 amide bonds. The minimum Gasteiger partial charge on any atom is -0.356 e. The highest BCUT2D eigenvalue weighted by atomic mass is 32.2. The van der Waals surface area contributed by atoms with Crippen molar-refractivity contribution in [1.82, 2.24) is 10.6 Å². The second-order valence-corrected chi connectivity index (χ2v) is 6.26. The summed E-state index contributed by atoms with van der Waals surface area (Å²) in [4.78, 5) is 4.19. The molecule has 1 aliphatic heterocycles. The van der Waals surface area contributed by atoms with Crippen molar-refractivity contribution in [2.24, 2.45) is 4.99 Å². The number of aliphatic imine (C=N–C) groups is 1. The Bertz CT molecular complexity index is 444. The fraction of sp³-hybridized carbons (Fsp3) is 0.533. The first-order valence-corrected chi connectivity index (χ1v) is 8.14. The summed E-state index contributed by atoms with van der Waals surface area (Å²) in [6, 6.07) is 6.90. The van der Waals surface area contributed by atoms with E-state index in [4.69, 9.17) is 0 Å². The van der Waals surface area contributed by atoms with Crippen LogP contribution in [0.2, 0.25) is 0 Å². The summed E-state index contributed by atoms with van der Waals surface area (Å²) < 4.78 is 13.5. The van der Waals surface area contributed by atoms with Gasteiger partial charge < -0.3 is 10.6 Å². The van der Waals surface area contributed by atoms with Crippen LogP contribution in [0.5, 0.6) is 0 Å². The van der Waals surface area contributed by atoms with Gasteiger partial charge in [0, 0.05) is 25.4 Å². The molecule has 1 aromatic rings. The lowest BCUT2D eigenvalue weighted by atomic mass is 10.1. The van der Waals surface area contributed by atoms with E-state index in [1.165, 1.54) is 24.7 Å². The van der Waals surface area contributed by atoms with Gasteiger partial charge in [-0.05, 0) is 36.6 Å². The summed E-state index contributed by atoms with van der Waals surface area (Å²) in [6.45, 7) is 1.63. The number of halogens is 1. The fourth-order valence-electron chi connectivity index (χ4n) is 2.25. The van der Waals surface area contributed by atoms with Gasteiger partial charge in [-0.25, -0.2) is 4.39 Å². The molecular weight excluding hydrogens is 273 g/mol. The highest BCUT2D eigenvalue weighted by Gasteiger charge is 2.15. The lowest BCUT2D eigenvalue weighted by molar-refractivity contribution is 0.606. The van der Waals surface area contributed by atoms with Crippen molar-refractivity contribution in [3.63, 3.8) is 0 Å². The van der Waals surface area contributed by atoms with Gasteiger partial charge in [0.15, 0.2) is 5.96 Å². The van der Waals surface area contributed by atoms with Gasteiger partial charge >= 0.3 is 0 Å². The van der Waals surface area contributed by atoms with Crippen molar-refractivity contribution < 1.29 is 4.39 Å². The summed E-state index contributed by atoms with van der Waals surface area (Å²) in [5, 5.41) is 7.26. The number of nitrogens with zero attached hydrogens (tertiary/aromatic N) is 1. The first-order valence-electron chi connectivity index (χ1n) is 7.09. The molecule has 0 bridgehead atoms. The van der Waals surface area contributed by atoms with Crippen molar-refractivity contribution in [1.29, 1.82) is 0 Å². The van der Waals surface area contributed by atoms with Crippen LogP contribution >= 0.6 is 11.8 Å². The van der Waals surface area contributed by atoms with E-state index < -0.39 is 0 Å². The third-order valence-corrected chi connectivity index (χ3v) is 4.79. The molecule has 0 aliphatic carbocycles. The zero-order chi connectivity index (χ0) is 14.2. The average Bonchev–Trinajstić information content (AvgIpc) is 2.98. The fourth-order valence-corrected chi connectivity index (χ4v) is 3.45. The maximum atomic E-state index is 13.5. The van der Waals surface area contributed by atoms with Crippen LogP contribution in [0.4, 0.5) is 4.39 Å². The van der Waals surface area contributed by atoms with E-state index in [9.17, 15) is 4.39 Å². The lowest BCUT2D eigenvalue weighted by Crippen LogP contribution is -2.40. The molecule has 2 N–H and O–H groups in total. The van der Waals surface area contributed by atoms with Crippen molar-refractivity contribution in [2.45, 2.75) is 24.5 Å². The van der Waals surface area contributed by atoms with Gasteiger partial charge in [-0.15, -0.1) is 0 Å². The summed E-state index contributed by atoms with van der Waals surface area (Å²) in [6.07, 6.45) is 3.26. The van der Waals surface area contributed by atoms with E-state index in [1.807, 2.05) is 23.9 Å². The Kier molecular flexibility index (Phi) is 6.18. The Hall–Kier alpha value is -1.23. The predicted molar refractivity (Wildman–Crippen MR) is 84.9 cm³/mol. The molecule has 110 valence electrons. The number of guanidine groups is 1. The third-order valence-electron chi connectivity index (χ3n) is 3.39. The number of thioether (sulfide) groups is 1. The van der Waals surface area contributed by atoms with E-state index >= 15 is 0 Å². The Morgan fingerprint density at radius 2 is 2.25 bits per heavy atom. The maximum Gasteiger partial charge on any atom is 0.191 e. The number of benzene rings is 1. The van der Waals surface area contributed by atoms with Crippen LogP contribution in [-0.2, 0) is 6.42 Å². The summed E-state index contributed by atoms with van der Waals surface area (Å²) in [7, 11) is 1.76. The van der Waals surface area contributed by atoms with E-state index in [0.29, 0.717) is 18.2 Å². The van der Waals surface area contributed by atoms with Gasteiger partial charge in [0.25, 0.3) is 0 Å². The highest BCUT2D eigenvalue weighted by Crippen LogP contribution is 2.25. The molecule has 3 nitrogen and oxygen atoms in total. The Labute approximate surface area is 124 Å². The van der Waals surface area contributed by atoms with E-state index in [2.05, 4.69) is 15.6 Å². The minimum atomic E-state index is -0.139. The van der Waals surface area contributed by atoms with E-state index in [-0.39, 0.29) is 5.82 Å². The largest absolute Gasteiger partial charge is 0.356 e.